The highest BCUT2D eigenvalue weighted by atomic mass is 19.1. The van der Waals surface area contributed by atoms with Gasteiger partial charge in [0.1, 0.15) is 5.82 Å². The lowest BCUT2D eigenvalue weighted by molar-refractivity contribution is -0.139. The maximum absolute atomic E-state index is 13.2. The highest BCUT2D eigenvalue weighted by Crippen LogP contribution is 2.34. The van der Waals surface area contributed by atoms with Gasteiger partial charge in [0.25, 0.3) is 0 Å². The third kappa shape index (κ3) is 5.92. The first-order valence-corrected chi connectivity index (χ1v) is 7.65. The van der Waals surface area contributed by atoms with E-state index in [9.17, 15) is 9.18 Å². The standard InChI is InChI=1S/C9H11FN2O2.C8H16/c1-14-9(13)3-5-2-7(11)8(12)4-6(5)10;1-8(2)6-4-3-5-7-8/h2,4H,3,11-12H2,1H3;3-7H2,1-2H3. The lowest BCUT2D eigenvalue weighted by Crippen LogP contribution is -2.14. The van der Waals surface area contributed by atoms with Gasteiger partial charge in [-0.3, -0.25) is 4.79 Å². The minimum atomic E-state index is -0.554. The quantitative estimate of drug-likeness (QED) is 0.645. The first kappa shape index (κ1) is 18.3. The van der Waals surface area contributed by atoms with Crippen molar-refractivity contribution >= 4 is 17.3 Å². The molecule has 1 saturated carbocycles. The van der Waals surface area contributed by atoms with Crippen LogP contribution in [0.3, 0.4) is 0 Å². The third-order valence-corrected chi connectivity index (χ3v) is 4.02. The second-order valence-corrected chi connectivity index (χ2v) is 6.55. The predicted molar refractivity (Wildman–Crippen MR) is 87.8 cm³/mol. The van der Waals surface area contributed by atoms with Crippen molar-refractivity contribution in [2.45, 2.75) is 52.4 Å². The topological polar surface area (TPSA) is 78.3 Å². The SMILES string of the molecule is CC1(C)CCCCC1.COC(=O)Cc1cc(N)c(N)cc1F. The number of nitrogens with two attached hydrogens (primary N) is 2. The zero-order valence-corrected chi connectivity index (χ0v) is 13.7. The molecule has 124 valence electrons. The number of carbonyl (C=O) groups is 1. The average molecular weight is 310 g/mol. The van der Waals surface area contributed by atoms with Gasteiger partial charge in [0.2, 0.25) is 0 Å². The first-order chi connectivity index (χ1) is 10.2. The molecule has 1 fully saturated rings. The summed E-state index contributed by atoms with van der Waals surface area (Å²) < 4.78 is 17.6. The average Bonchev–Trinajstić information content (AvgIpc) is 2.45. The van der Waals surface area contributed by atoms with E-state index < -0.39 is 11.8 Å². The van der Waals surface area contributed by atoms with Crippen molar-refractivity contribution in [3.63, 3.8) is 0 Å². The molecule has 0 bridgehead atoms. The Morgan fingerprint density at radius 3 is 2.18 bits per heavy atom. The molecule has 1 aromatic rings. The molecule has 4 nitrogen and oxygen atoms in total. The van der Waals surface area contributed by atoms with E-state index in [2.05, 4.69) is 18.6 Å². The fourth-order valence-corrected chi connectivity index (χ4v) is 2.52. The van der Waals surface area contributed by atoms with Crippen LogP contribution in [-0.4, -0.2) is 13.1 Å². The molecule has 1 aromatic carbocycles. The number of carbonyl (C=O) groups excluding carboxylic acids is 1. The Kier molecular flexibility index (Phi) is 6.65. The van der Waals surface area contributed by atoms with Crippen LogP contribution in [0.5, 0.6) is 0 Å². The van der Waals surface area contributed by atoms with Crippen molar-refractivity contribution < 1.29 is 13.9 Å². The zero-order valence-electron chi connectivity index (χ0n) is 13.7. The molecule has 0 atom stereocenters. The van der Waals surface area contributed by atoms with Crippen molar-refractivity contribution in [3.8, 4) is 0 Å². The van der Waals surface area contributed by atoms with Gasteiger partial charge in [-0.1, -0.05) is 33.1 Å². The van der Waals surface area contributed by atoms with Gasteiger partial charge in [0.15, 0.2) is 0 Å². The lowest BCUT2D eigenvalue weighted by atomic mass is 9.78. The van der Waals surface area contributed by atoms with Crippen LogP contribution in [0.2, 0.25) is 0 Å². The van der Waals surface area contributed by atoms with Crippen molar-refractivity contribution in [1.82, 2.24) is 0 Å². The van der Waals surface area contributed by atoms with Gasteiger partial charge >= 0.3 is 5.97 Å². The normalized spacial score (nSPS) is 16.4. The number of esters is 1. The molecule has 0 heterocycles. The Bertz CT molecular complexity index is 508. The molecular weight excluding hydrogens is 283 g/mol. The molecule has 4 N–H and O–H groups in total. The van der Waals surface area contributed by atoms with Crippen LogP contribution < -0.4 is 11.5 Å². The molecule has 1 aliphatic rings. The number of nitrogen functional groups attached to an aromatic ring is 2. The van der Waals surface area contributed by atoms with Gasteiger partial charge in [-0.15, -0.1) is 0 Å². The molecule has 0 unspecified atom stereocenters. The third-order valence-electron chi connectivity index (χ3n) is 4.02. The van der Waals surface area contributed by atoms with Gasteiger partial charge in [-0.25, -0.2) is 4.39 Å². The Hall–Kier alpha value is -1.78. The summed E-state index contributed by atoms with van der Waals surface area (Å²) in [6.07, 6.45) is 7.16. The molecule has 0 aromatic heterocycles. The lowest BCUT2D eigenvalue weighted by Gasteiger charge is -2.28. The highest BCUT2D eigenvalue weighted by Gasteiger charge is 2.19. The molecule has 0 spiro atoms. The second-order valence-electron chi connectivity index (χ2n) is 6.55. The van der Waals surface area contributed by atoms with E-state index in [1.807, 2.05) is 0 Å². The summed E-state index contributed by atoms with van der Waals surface area (Å²) in [4.78, 5) is 10.9. The number of methoxy groups -OCH3 is 1. The summed E-state index contributed by atoms with van der Waals surface area (Å²) in [5.74, 6) is -1.07. The van der Waals surface area contributed by atoms with Gasteiger partial charge in [0.05, 0.1) is 24.9 Å². The van der Waals surface area contributed by atoms with E-state index >= 15 is 0 Å². The molecule has 0 saturated heterocycles. The summed E-state index contributed by atoms with van der Waals surface area (Å²) in [6.45, 7) is 4.76. The molecule has 0 radical (unpaired) electrons. The summed E-state index contributed by atoms with van der Waals surface area (Å²) in [7, 11) is 1.24. The monoisotopic (exact) mass is 310 g/mol. The second kappa shape index (κ2) is 8.01. The zero-order chi connectivity index (χ0) is 16.8. The molecule has 2 rings (SSSR count). The fraction of sp³-hybridized carbons (Fsp3) is 0.588. The summed E-state index contributed by atoms with van der Waals surface area (Å²) >= 11 is 0. The number of anilines is 2. The van der Waals surface area contributed by atoms with Crippen molar-refractivity contribution in [2.24, 2.45) is 5.41 Å². The van der Waals surface area contributed by atoms with E-state index in [4.69, 9.17) is 11.5 Å². The Labute approximate surface area is 132 Å². The number of rotatable bonds is 2. The molecule has 5 heteroatoms. The highest BCUT2D eigenvalue weighted by molar-refractivity contribution is 5.74. The summed E-state index contributed by atoms with van der Waals surface area (Å²) in [5.41, 5.74) is 12.1. The molecular formula is C17H27FN2O2. The van der Waals surface area contributed by atoms with E-state index in [-0.39, 0.29) is 23.4 Å². The van der Waals surface area contributed by atoms with Crippen LogP contribution in [0.1, 0.15) is 51.5 Å². The molecule has 1 aliphatic carbocycles. The van der Waals surface area contributed by atoms with E-state index in [1.165, 1.54) is 45.3 Å². The van der Waals surface area contributed by atoms with Crippen LogP contribution in [0.15, 0.2) is 12.1 Å². The maximum atomic E-state index is 13.2. The Morgan fingerprint density at radius 1 is 1.18 bits per heavy atom. The maximum Gasteiger partial charge on any atom is 0.310 e. The summed E-state index contributed by atoms with van der Waals surface area (Å²) in [6, 6.07) is 2.43. The van der Waals surface area contributed by atoms with Crippen LogP contribution in [0.4, 0.5) is 15.8 Å². The molecule has 22 heavy (non-hydrogen) atoms. The molecule has 0 amide bonds. The van der Waals surface area contributed by atoms with Gasteiger partial charge in [-0.2, -0.15) is 0 Å². The van der Waals surface area contributed by atoms with E-state index in [1.54, 1.807) is 0 Å². The van der Waals surface area contributed by atoms with Crippen LogP contribution in [0.25, 0.3) is 0 Å². The summed E-state index contributed by atoms with van der Waals surface area (Å²) in [5, 5.41) is 0. The Morgan fingerprint density at radius 2 is 1.73 bits per heavy atom. The van der Waals surface area contributed by atoms with E-state index in [0.717, 1.165) is 6.07 Å². The molecule has 0 aliphatic heterocycles. The minimum absolute atomic E-state index is 0.146. The van der Waals surface area contributed by atoms with E-state index in [0.29, 0.717) is 5.41 Å². The van der Waals surface area contributed by atoms with Crippen molar-refractivity contribution in [2.75, 3.05) is 18.6 Å². The number of hydrogen-bond acceptors (Lipinski definition) is 4. The minimum Gasteiger partial charge on any atom is -0.469 e. The first-order valence-electron chi connectivity index (χ1n) is 7.65. The van der Waals surface area contributed by atoms with Gasteiger partial charge in [-0.05, 0) is 30.4 Å². The Balaban J connectivity index is 0.000000255. The van der Waals surface area contributed by atoms with Crippen molar-refractivity contribution in [3.05, 3.63) is 23.5 Å². The predicted octanol–water partition coefficient (Wildman–Crippen LogP) is 3.68. The van der Waals surface area contributed by atoms with Gasteiger partial charge in [0, 0.05) is 5.56 Å². The number of halogens is 1. The number of ether oxygens (including phenoxy) is 1. The van der Waals surface area contributed by atoms with Crippen LogP contribution >= 0.6 is 0 Å². The fourth-order valence-electron chi connectivity index (χ4n) is 2.52. The van der Waals surface area contributed by atoms with Gasteiger partial charge < -0.3 is 16.2 Å². The van der Waals surface area contributed by atoms with Crippen molar-refractivity contribution in [1.29, 1.82) is 0 Å². The van der Waals surface area contributed by atoms with Crippen LogP contribution in [0, 0.1) is 11.2 Å². The number of hydrogen-bond donors (Lipinski definition) is 2. The smallest absolute Gasteiger partial charge is 0.310 e. The van der Waals surface area contributed by atoms with Crippen LogP contribution in [-0.2, 0) is 16.0 Å². The number of benzene rings is 1. The largest absolute Gasteiger partial charge is 0.469 e.